The quantitative estimate of drug-likeness (QED) is 0.428. The summed E-state index contributed by atoms with van der Waals surface area (Å²) >= 11 is 0. The number of hydrogen-bond acceptors (Lipinski definition) is 5. The Kier molecular flexibility index (Phi) is 10.6. The summed E-state index contributed by atoms with van der Waals surface area (Å²) in [6.45, 7) is 4.09. The summed E-state index contributed by atoms with van der Waals surface area (Å²) in [5, 5.41) is 3.14. The van der Waals surface area contributed by atoms with Gasteiger partial charge >= 0.3 is 0 Å². The normalized spacial score (nSPS) is 14.9. The Hall–Kier alpha value is -3.07. The first-order valence-corrected chi connectivity index (χ1v) is 15.2. The van der Waals surface area contributed by atoms with E-state index in [0.29, 0.717) is 17.9 Å². The molecule has 0 heterocycles. The molecule has 9 heteroatoms. The zero-order valence-electron chi connectivity index (χ0n) is 23.0. The largest absolute Gasteiger partial charge is 0.497 e. The summed E-state index contributed by atoms with van der Waals surface area (Å²) in [7, 11) is -1.94. The van der Waals surface area contributed by atoms with Gasteiger partial charge in [0.1, 0.15) is 11.8 Å². The molecule has 0 aliphatic heterocycles. The summed E-state index contributed by atoms with van der Waals surface area (Å²) in [4.78, 5) is 28.3. The molecular weight excluding hydrogens is 502 g/mol. The summed E-state index contributed by atoms with van der Waals surface area (Å²) in [6, 6.07) is 14.2. The lowest BCUT2D eigenvalue weighted by Gasteiger charge is -2.31. The molecule has 0 aromatic heterocycles. The van der Waals surface area contributed by atoms with Crippen molar-refractivity contribution >= 4 is 27.5 Å². The molecule has 2 amide bonds. The minimum Gasteiger partial charge on any atom is -0.497 e. The van der Waals surface area contributed by atoms with Crippen molar-refractivity contribution in [2.24, 2.45) is 0 Å². The lowest BCUT2D eigenvalue weighted by Crippen LogP contribution is -2.50. The minimum absolute atomic E-state index is 0.114. The number of sulfonamides is 1. The lowest BCUT2D eigenvalue weighted by molar-refractivity contribution is -0.141. The van der Waals surface area contributed by atoms with Crippen molar-refractivity contribution in [1.82, 2.24) is 10.2 Å². The van der Waals surface area contributed by atoms with Gasteiger partial charge in [-0.2, -0.15) is 0 Å². The van der Waals surface area contributed by atoms with E-state index in [4.69, 9.17) is 4.74 Å². The Morgan fingerprint density at radius 2 is 1.79 bits per heavy atom. The summed E-state index contributed by atoms with van der Waals surface area (Å²) in [5.41, 5.74) is 2.38. The van der Waals surface area contributed by atoms with Crippen molar-refractivity contribution in [2.75, 3.05) is 24.2 Å². The van der Waals surface area contributed by atoms with E-state index in [0.717, 1.165) is 36.8 Å². The van der Waals surface area contributed by atoms with Crippen LogP contribution in [0.5, 0.6) is 5.75 Å². The third-order valence-corrected chi connectivity index (χ3v) is 8.24. The number of carbonyl (C=O) groups excluding carboxylic acids is 2. The maximum absolute atomic E-state index is 13.5. The molecule has 1 N–H and O–H groups in total. The van der Waals surface area contributed by atoms with E-state index >= 15 is 0 Å². The molecule has 2 aromatic rings. The van der Waals surface area contributed by atoms with Gasteiger partial charge in [-0.3, -0.25) is 13.9 Å². The summed E-state index contributed by atoms with van der Waals surface area (Å²) in [5.74, 6) is 0.318. The van der Waals surface area contributed by atoms with E-state index in [1.165, 1.54) is 17.0 Å². The average molecular weight is 544 g/mol. The molecule has 0 unspecified atom stereocenters. The lowest BCUT2D eigenvalue weighted by atomic mass is 9.95. The number of hydrogen-bond donors (Lipinski definition) is 1. The van der Waals surface area contributed by atoms with Crippen molar-refractivity contribution in [3.63, 3.8) is 0 Å². The highest BCUT2D eigenvalue weighted by Crippen LogP contribution is 2.22. The predicted octanol–water partition coefficient (Wildman–Crippen LogP) is 4.42. The molecule has 1 atom stereocenters. The fraction of sp³-hybridized carbons (Fsp3) is 0.517. The number of nitrogens with one attached hydrogen (secondary N) is 1. The van der Waals surface area contributed by atoms with Gasteiger partial charge < -0.3 is 15.0 Å². The van der Waals surface area contributed by atoms with E-state index in [9.17, 15) is 18.0 Å². The number of methoxy groups -OCH3 is 1. The SMILES string of the molecule is COc1cccc(CN(C(=O)CCCN(c2cccc(C)c2)S(C)(=O)=O)[C@H](C)C(=O)NC2CCCCC2)c1. The first-order valence-electron chi connectivity index (χ1n) is 13.4. The number of ether oxygens (including phenoxy) is 1. The van der Waals surface area contributed by atoms with Crippen LogP contribution in [0.1, 0.15) is 63.0 Å². The van der Waals surface area contributed by atoms with Crippen molar-refractivity contribution < 1.29 is 22.7 Å². The molecule has 8 nitrogen and oxygen atoms in total. The maximum Gasteiger partial charge on any atom is 0.242 e. The van der Waals surface area contributed by atoms with Gasteiger partial charge in [0.25, 0.3) is 0 Å². The molecule has 38 heavy (non-hydrogen) atoms. The molecule has 1 saturated carbocycles. The van der Waals surface area contributed by atoms with Crippen molar-refractivity contribution in [1.29, 1.82) is 0 Å². The second kappa shape index (κ2) is 13.6. The van der Waals surface area contributed by atoms with Crippen LogP contribution >= 0.6 is 0 Å². The molecule has 1 fully saturated rings. The van der Waals surface area contributed by atoms with Gasteiger partial charge in [0.05, 0.1) is 19.1 Å². The molecule has 3 rings (SSSR count). The van der Waals surface area contributed by atoms with Crippen LogP contribution in [0, 0.1) is 6.92 Å². The highest BCUT2D eigenvalue weighted by Gasteiger charge is 2.28. The Labute approximate surface area is 227 Å². The van der Waals surface area contributed by atoms with Crippen LogP contribution in [-0.4, -0.2) is 57.1 Å². The van der Waals surface area contributed by atoms with Crippen LogP contribution in [0.4, 0.5) is 5.69 Å². The number of carbonyl (C=O) groups is 2. The van der Waals surface area contributed by atoms with Crippen LogP contribution in [-0.2, 0) is 26.2 Å². The highest BCUT2D eigenvalue weighted by molar-refractivity contribution is 7.92. The third-order valence-electron chi connectivity index (χ3n) is 7.05. The van der Waals surface area contributed by atoms with Crippen LogP contribution in [0.2, 0.25) is 0 Å². The summed E-state index contributed by atoms with van der Waals surface area (Å²) in [6.07, 6.45) is 6.92. The minimum atomic E-state index is -3.52. The second-order valence-corrected chi connectivity index (χ2v) is 12.1. The molecular formula is C29H41N3O5S. The Morgan fingerprint density at radius 3 is 2.45 bits per heavy atom. The van der Waals surface area contributed by atoms with Gasteiger partial charge in [-0.15, -0.1) is 0 Å². The molecule has 1 aliphatic carbocycles. The van der Waals surface area contributed by atoms with E-state index in [1.54, 1.807) is 25.0 Å². The molecule has 0 spiro atoms. The Bertz CT molecular complexity index is 1190. The molecule has 208 valence electrons. The zero-order chi connectivity index (χ0) is 27.7. The number of amides is 2. The van der Waals surface area contributed by atoms with Crippen molar-refractivity contribution in [3.05, 3.63) is 59.7 Å². The van der Waals surface area contributed by atoms with Gasteiger partial charge in [-0.05, 0) is 68.5 Å². The van der Waals surface area contributed by atoms with Gasteiger partial charge in [-0.25, -0.2) is 8.42 Å². The van der Waals surface area contributed by atoms with E-state index < -0.39 is 16.1 Å². The van der Waals surface area contributed by atoms with E-state index in [-0.39, 0.29) is 37.4 Å². The number of anilines is 1. The van der Waals surface area contributed by atoms with Crippen LogP contribution in [0.15, 0.2) is 48.5 Å². The van der Waals surface area contributed by atoms with E-state index in [1.807, 2.05) is 49.4 Å². The number of rotatable bonds is 12. The predicted molar refractivity (Wildman–Crippen MR) is 151 cm³/mol. The Morgan fingerprint density at radius 1 is 1.08 bits per heavy atom. The maximum atomic E-state index is 13.5. The monoisotopic (exact) mass is 543 g/mol. The van der Waals surface area contributed by atoms with Gasteiger partial charge in [0.15, 0.2) is 0 Å². The number of aryl methyl sites for hydroxylation is 1. The summed E-state index contributed by atoms with van der Waals surface area (Å²) < 4.78 is 31.7. The third kappa shape index (κ3) is 8.48. The first kappa shape index (κ1) is 29.5. The van der Waals surface area contributed by atoms with Crippen molar-refractivity contribution in [3.8, 4) is 5.75 Å². The van der Waals surface area contributed by atoms with Gasteiger partial charge in [0.2, 0.25) is 21.8 Å². The first-order chi connectivity index (χ1) is 18.1. The fourth-order valence-corrected chi connectivity index (χ4v) is 5.86. The fourth-order valence-electron chi connectivity index (χ4n) is 4.91. The van der Waals surface area contributed by atoms with Crippen LogP contribution < -0.4 is 14.4 Å². The van der Waals surface area contributed by atoms with Crippen molar-refractivity contribution in [2.45, 2.75) is 77.4 Å². The Balaban J connectivity index is 1.73. The highest BCUT2D eigenvalue weighted by atomic mass is 32.2. The van der Waals surface area contributed by atoms with Gasteiger partial charge in [-0.1, -0.05) is 43.5 Å². The molecule has 0 radical (unpaired) electrons. The molecule has 1 aliphatic rings. The molecule has 0 bridgehead atoms. The average Bonchev–Trinajstić information content (AvgIpc) is 2.89. The number of benzene rings is 2. The second-order valence-electron chi connectivity index (χ2n) is 10.2. The van der Waals surface area contributed by atoms with Crippen LogP contribution in [0.3, 0.4) is 0 Å². The topological polar surface area (TPSA) is 96.0 Å². The van der Waals surface area contributed by atoms with E-state index in [2.05, 4.69) is 5.32 Å². The number of nitrogens with zero attached hydrogens (tertiary/aromatic N) is 2. The molecule has 2 aromatic carbocycles. The zero-order valence-corrected chi connectivity index (χ0v) is 23.8. The smallest absolute Gasteiger partial charge is 0.242 e. The standard InChI is InChI=1S/C29H41N3O5S/c1-22-11-8-15-26(19-22)32(38(4,35)36)18-10-17-28(33)31(21-24-12-9-16-27(20-24)37-3)23(2)29(34)30-25-13-6-5-7-14-25/h8-9,11-12,15-16,19-20,23,25H,5-7,10,13-14,17-18,21H2,1-4H3,(H,30,34)/t23-/m1/s1. The molecule has 0 saturated heterocycles. The van der Waals surface area contributed by atoms with Gasteiger partial charge in [0, 0.05) is 25.6 Å². The van der Waals surface area contributed by atoms with Crippen LogP contribution in [0.25, 0.3) is 0 Å².